The van der Waals surface area contributed by atoms with Crippen molar-refractivity contribution in [3.8, 4) is 0 Å². The van der Waals surface area contributed by atoms with Crippen molar-refractivity contribution in [2.75, 3.05) is 12.5 Å². The third-order valence-electron chi connectivity index (χ3n) is 4.39. The number of carbonyl (C=O) groups is 1. The number of fused-ring (bicyclic) bond motifs is 1. The molecule has 0 spiro atoms. The van der Waals surface area contributed by atoms with Crippen LogP contribution in [0.5, 0.6) is 0 Å². The smallest absolute Gasteiger partial charge is 0.303 e. The van der Waals surface area contributed by atoms with Gasteiger partial charge in [-0.15, -0.1) is 0 Å². The molecule has 0 aliphatic carbocycles. The predicted molar refractivity (Wildman–Crippen MR) is 111 cm³/mol. The Hall–Kier alpha value is -2.08. The molecule has 6 heteroatoms. The van der Waals surface area contributed by atoms with E-state index in [9.17, 15) is 4.79 Å². The lowest BCUT2D eigenvalue weighted by Crippen LogP contribution is -2.31. The molecule has 0 fully saturated rings. The second-order valence-corrected chi connectivity index (χ2v) is 6.60. The number of aryl methyl sites for hydroxylation is 1. The minimum absolute atomic E-state index is 0.146. The summed E-state index contributed by atoms with van der Waals surface area (Å²) in [5.74, 6) is 0.0784. The first-order chi connectivity index (χ1) is 12.6. The van der Waals surface area contributed by atoms with Crippen molar-refractivity contribution in [1.82, 2.24) is 10.3 Å². The largest absolute Gasteiger partial charge is 0.481 e. The van der Waals surface area contributed by atoms with Gasteiger partial charge in [0, 0.05) is 26.4 Å². The van der Waals surface area contributed by atoms with Crippen molar-refractivity contribution in [3.05, 3.63) is 47.5 Å². The zero-order valence-corrected chi connectivity index (χ0v) is 16.9. The van der Waals surface area contributed by atoms with Crippen molar-refractivity contribution < 1.29 is 9.90 Å². The molecule has 0 saturated carbocycles. The molecule has 0 saturated heterocycles. The number of amidine groups is 1. The van der Waals surface area contributed by atoms with Crippen molar-refractivity contribution in [2.45, 2.75) is 39.2 Å². The van der Waals surface area contributed by atoms with Crippen molar-refractivity contribution in [2.24, 2.45) is 5.10 Å². The summed E-state index contributed by atoms with van der Waals surface area (Å²) >= 11 is 3.56. The molecule has 0 heterocycles. The number of carboxylic acid groups (broad SMARTS) is 1. The van der Waals surface area contributed by atoms with Crippen LogP contribution in [0, 0.1) is 0 Å². The Bertz CT molecular complexity index is 777. The highest BCUT2D eigenvalue weighted by atomic mass is 79.9. The van der Waals surface area contributed by atoms with Gasteiger partial charge in [0.05, 0.1) is 5.45 Å². The number of hydrogen-bond donors (Lipinski definition) is 2. The fraction of sp³-hybridized carbons (Fsp3) is 0.400. The normalized spacial score (nSPS) is 11.6. The van der Waals surface area contributed by atoms with Crippen molar-refractivity contribution in [1.29, 1.82) is 0 Å². The molecular weight excluding hydrogens is 394 g/mol. The average Bonchev–Trinajstić information content (AvgIpc) is 2.65. The van der Waals surface area contributed by atoms with Crippen LogP contribution >= 0.6 is 15.9 Å². The standard InChI is InChI=1S/C20H26BrN3O2/c1-3-15-11-12-16(18-8-5-4-7-17(15)18)13-24(14-21)19(23-22-2)9-6-10-20(25)26/h4-5,7-8,11-12,22H,3,6,9-10,13-14H2,1-2H3,(H,25,26)/b23-19-. The number of alkyl halides is 1. The highest BCUT2D eigenvalue weighted by Crippen LogP contribution is 2.25. The fourth-order valence-electron chi connectivity index (χ4n) is 3.09. The van der Waals surface area contributed by atoms with Crippen molar-refractivity contribution in [3.63, 3.8) is 0 Å². The number of hydrogen-bond acceptors (Lipinski definition) is 3. The van der Waals surface area contributed by atoms with E-state index in [2.05, 4.69) is 74.7 Å². The van der Waals surface area contributed by atoms with Gasteiger partial charge in [-0.25, -0.2) is 0 Å². The molecule has 2 aromatic carbocycles. The van der Waals surface area contributed by atoms with Crippen LogP contribution in [0.1, 0.15) is 37.3 Å². The van der Waals surface area contributed by atoms with Gasteiger partial charge in [-0.2, -0.15) is 5.10 Å². The molecule has 2 rings (SSSR count). The highest BCUT2D eigenvalue weighted by Gasteiger charge is 2.14. The Morgan fingerprint density at radius 1 is 1.15 bits per heavy atom. The molecule has 26 heavy (non-hydrogen) atoms. The van der Waals surface area contributed by atoms with E-state index in [1.165, 1.54) is 21.9 Å². The quantitative estimate of drug-likeness (QED) is 0.208. The summed E-state index contributed by atoms with van der Waals surface area (Å²) in [6, 6.07) is 12.9. The van der Waals surface area contributed by atoms with Gasteiger partial charge >= 0.3 is 5.97 Å². The molecule has 5 nitrogen and oxygen atoms in total. The lowest BCUT2D eigenvalue weighted by atomic mass is 9.98. The number of nitrogens with zero attached hydrogens (tertiary/aromatic N) is 2. The van der Waals surface area contributed by atoms with E-state index < -0.39 is 5.97 Å². The Balaban J connectivity index is 2.27. The molecule has 0 amide bonds. The van der Waals surface area contributed by atoms with E-state index in [0.29, 0.717) is 24.8 Å². The lowest BCUT2D eigenvalue weighted by Gasteiger charge is -2.25. The maximum absolute atomic E-state index is 10.8. The number of rotatable bonds is 9. The van der Waals surface area contributed by atoms with Crippen LogP contribution in [0.15, 0.2) is 41.5 Å². The van der Waals surface area contributed by atoms with Crippen LogP contribution in [-0.2, 0) is 17.8 Å². The van der Waals surface area contributed by atoms with E-state index in [1.54, 1.807) is 7.05 Å². The Labute approximate surface area is 163 Å². The number of nitrogens with one attached hydrogen (secondary N) is 1. The Morgan fingerprint density at radius 3 is 2.38 bits per heavy atom. The van der Waals surface area contributed by atoms with Gasteiger partial charge in [0.1, 0.15) is 5.84 Å². The summed E-state index contributed by atoms with van der Waals surface area (Å²) in [5, 5.41) is 15.8. The summed E-state index contributed by atoms with van der Waals surface area (Å²) in [6.07, 6.45) is 2.33. The van der Waals surface area contributed by atoms with Crippen LogP contribution in [0.2, 0.25) is 0 Å². The minimum atomic E-state index is -0.777. The number of benzene rings is 2. The van der Waals surface area contributed by atoms with E-state index in [0.717, 1.165) is 12.3 Å². The highest BCUT2D eigenvalue weighted by molar-refractivity contribution is 9.09. The first-order valence-electron chi connectivity index (χ1n) is 8.86. The maximum Gasteiger partial charge on any atom is 0.303 e. The molecule has 140 valence electrons. The molecule has 0 aromatic heterocycles. The predicted octanol–water partition coefficient (Wildman–Crippen LogP) is 4.34. The van der Waals surface area contributed by atoms with Gasteiger partial charge in [0.15, 0.2) is 0 Å². The molecule has 0 radical (unpaired) electrons. The molecule has 0 atom stereocenters. The molecule has 0 unspecified atom stereocenters. The van der Waals surface area contributed by atoms with Gasteiger partial charge in [-0.1, -0.05) is 59.3 Å². The zero-order valence-electron chi connectivity index (χ0n) is 15.3. The third kappa shape index (κ3) is 5.21. The van der Waals surface area contributed by atoms with E-state index in [4.69, 9.17) is 5.11 Å². The van der Waals surface area contributed by atoms with Crippen LogP contribution in [-0.4, -0.2) is 34.3 Å². The average molecular weight is 420 g/mol. The van der Waals surface area contributed by atoms with Crippen LogP contribution in [0.4, 0.5) is 0 Å². The maximum atomic E-state index is 10.8. The topological polar surface area (TPSA) is 64.9 Å². The van der Waals surface area contributed by atoms with Crippen molar-refractivity contribution >= 4 is 38.5 Å². The summed E-state index contributed by atoms with van der Waals surface area (Å²) in [6.45, 7) is 2.88. The van der Waals surface area contributed by atoms with E-state index >= 15 is 0 Å². The van der Waals surface area contributed by atoms with Gasteiger partial charge in [-0.3, -0.25) is 4.79 Å². The van der Waals surface area contributed by atoms with Crippen LogP contribution < -0.4 is 5.43 Å². The summed E-state index contributed by atoms with van der Waals surface area (Å²) in [5.41, 5.74) is 6.05. The Kier molecular flexibility index (Phi) is 7.91. The van der Waals surface area contributed by atoms with Gasteiger partial charge in [-0.05, 0) is 34.7 Å². The zero-order chi connectivity index (χ0) is 18.9. The molecule has 0 bridgehead atoms. The van der Waals surface area contributed by atoms with Gasteiger partial charge < -0.3 is 15.4 Å². The second-order valence-electron chi connectivity index (χ2n) is 6.10. The molecular formula is C20H26BrN3O2. The summed E-state index contributed by atoms with van der Waals surface area (Å²) in [4.78, 5) is 12.9. The summed E-state index contributed by atoms with van der Waals surface area (Å²) in [7, 11) is 1.76. The molecule has 0 aliphatic heterocycles. The van der Waals surface area contributed by atoms with E-state index in [1.807, 2.05) is 0 Å². The Morgan fingerprint density at radius 2 is 1.81 bits per heavy atom. The lowest BCUT2D eigenvalue weighted by molar-refractivity contribution is -0.137. The van der Waals surface area contributed by atoms with Gasteiger partial charge in [0.2, 0.25) is 0 Å². The first kappa shape index (κ1) is 20.2. The number of aliphatic carboxylic acids is 1. The summed E-state index contributed by atoms with van der Waals surface area (Å²) < 4.78 is 0. The number of carboxylic acids is 1. The van der Waals surface area contributed by atoms with E-state index in [-0.39, 0.29) is 6.42 Å². The van der Waals surface area contributed by atoms with Gasteiger partial charge in [0.25, 0.3) is 0 Å². The fourth-order valence-corrected chi connectivity index (χ4v) is 3.56. The number of hydrazone groups is 1. The van der Waals surface area contributed by atoms with Crippen LogP contribution in [0.3, 0.4) is 0 Å². The third-order valence-corrected chi connectivity index (χ3v) is 4.99. The second kappa shape index (κ2) is 10.2. The minimum Gasteiger partial charge on any atom is -0.481 e. The molecule has 2 aromatic rings. The molecule has 2 N–H and O–H groups in total. The SMILES string of the molecule is CCc1ccc(CN(CBr)/C(CCCC(=O)O)=N\NC)c2ccccc12. The first-order valence-corrected chi connectivity index (χ1v) is 9.98. The molecule has 0 aliphatic rings. The number of halogens is 1. The monoisotopic (exact) mass is 419 g/mol. The van der Waals surface area contributed by atoms with Crippen LogP contribution in [0.25, 0.3) is 10.8 Å².